The zero-order chi connectivity index (χ0) is 18.9. The molecule has 1 saturated heterocycles. The lowest BCUT2D eigenvalue weighted by molar-refractivity contribution is -0.135. The minimum Gasteiger partial charge on any atom is -0.399 e. The van der Waals surface area contributed by atoms with Crippen molar-refractivity contribution in [3.8, 4) is 23.5 Å². The molecule has 1 aliphatic heterocycles. The number of amides is 1. The molecule has 132 valence electrons. The monoisotopic (exact) mass is 346 g/mol. The van der Waals surface area contributed by atoms with Crippen molar-refractivity contribution in [3.05, 3.63) is 54.1 Å². The Morgan fingerprint density at radius 3 is 2.58 bits per heavy atom. The van der Waals surface area contributed by atoms with Gasteiger partial charge < -0.3 is 11.1 Å². The number of benzene rings is 2. The Morgan fingerprint density at radius 2 is 1.92 bits per heavy atom. The molecule has 0 aromatic heterocycles. The fourth-order valence-corrected chi connectivity index (χ4v) is 3.43. The van der Waals surface area contributed by atoms with Crippen LogP contribution in [-0.4, -0.2) is 23.8 Å². The standard InChI is InChI=1S/C21H22N4O/c1-4-7-18-19(26)25(3)20(23)24-21(18,2)16-10-5-8-14(12-16)15-9-6-11-17(22)13-15/h1,5-6,8-13,18H,7,22H2,2-3H3,(H2,23,24)/t18-,21+/m0/s1. The molecule has 0 aliphatic carbocycles. The molecular formula is C21H22N4O. The van der Waals surface area contributed by atoms with E-state index < -0.39 is 11.5 Å². The Morgan fingerprint density at radius 1 is 1.27 bits per heavy atom. The summed E-state index contributed by atoms with van der Waals surface area (Å²) in [6.07, 6.45) is 5.82. The van der Waals surface area contributed by atoms with Crippen LogP contribution in [0, 0.1) is 23.7 Å². The van der Waals surface area contributed by atoms with E-state index >= 15 is 0 Å². The van der Waals surface area contributed by atoms with Gasteiger partial charge in [0.25, 0.3) is 0 Å². The second-order valence-electron chi connectivity index (χ2n) is 6.74. The lowest BCUT2D eigenvalue weighted by Crippen LogP contribution is -2.63. The molecule has 5 nitrogen and oxygen atoms in total. The lowest BCUT2D eigenvalue weighted by Gasteiger charge is -2.45. The van der Waals surface area contributed by atoms with Crippen LogP contribution in [0.3, 0.4) is 0 Å². The molecule has 0 unspecified atom stereocenters. The Labute approximate surface area is 153 Å². The third kappa shape index (κ3) is 2.91. The third-order valence-electron chi connectivity index (χ3n) is 5.04. The molecule has 0 bridgehead atoms. The van der Waals surface area contributed by atoms with E-state index in [1.165, 1.54) is 4.90 Å². The summed E-state index contributed by atoms with van der Waals surface area (Å²) < 4.78 is 0. The zero-order valence-corrected chi connectivity index (χ0v) is 14.9. The van der Waals surface area contributed by atoms with Gasteiger partial charge in [0.1, 0.15) is 0 Å². The highest BCUT2D eigenvalue weighted by molar-refractivity contribution is 6.00. The van der Waals surface area contributed by atoms with E-state index in [1.54, 1.807) is 7.05 Å². The van der Waals surface area contributed by atoms with Crippen LogP contribution < -0.4 is 11.1 Å². The van der Waals surface area contributed by atoms with Crippen molar-refractivity contribution in [2.24, 2.45) is 5.92 Å². The zero-order valence-electron chi connectivity index (χ0n) is 14.9. The molecule has 2 atom stereocenters. The molecule has 2 aromatic rings. The summed E-state index contributed by atoms with van der Waals surface area (Å²) >= 11 is 0. The van der Waals surface area contributed by atoms with Crippen LogP contribution in [0.15, 0.2) is 48.5 Å². The molecule has 2 aromatic carbocycles. The molecule has 1 amide bonds. The normalized spacial score (nSPS) is 22.7. The highest BCUT2D eigenvalue weighted by Gasteiger charge is 2.47. The molecule has 3 rings (SSSR count). The van der Waals surface area contributed by atoms with Crippen molar-refractivity contribution in [2.75, 3.05) is 12.8 Å². The number of hydrogen-bond acceptors (Lipinski definition) is 3. The summed E-state index contributed by atoms with van der Waals surface area (Å²) in [5.74, 6) is 2.07. The second-order valence-corrected chi connectivity index (χ2v) is 6.74. The molecule has 0 radical (unpaired) electrons. The number of guanidine groups is 1. The fraction of sp³-hybridized carbons (Fsp3) is 0.238. The van der Waals surface area contributed by atoms with E-state index in [0.29, 0.717) is 12.1 Å². The Kier molecular flexibility index (Phi) is 4.43. The first-order valence-corrected chi connectivity index (χ1v) is 8.41. The minimum atomic E-state index is -0.761. The number of carbonyl (C=O) groups excluding carboxylic acids is 1. The average Bonchev–Trinajstić information content (AvgIpc) is 2.64. The first-order valence-electron chi connectivity index (χ1n) is 8.41. The molecule has 5 heteroatoms. The smallest absolute Gasteiger partial charge is 0.235 e. The predicted octanol–water partition coefficient (Wildman–Crippen LogP) is 2.79. The van der Waals surface area contributed by atoms with E-state index in [4.69, 9.17) is 17.6 Å². The summed E-state index contributed by atoms with van der Waals surface area (Å²) in [6.45, 7) is 1.92. The van der Waals surface area contributed by atoms with Gasteiger partial charge in [-0.1, -0.05) is 30.3 Å². The number of hydrogen-bond donors (Lipinski definition) is 3. The Hall–Kier alpha value is -3.26. The van der Waals surface area contributed by atoms with Crippen molar-refractivity contribution in [1.29, 1.82) is 5.41 Å². The van der Waals surface area contributed by atoms with Gasteiger partial charge in [-0.05, 0) is 41.8 Å². The number of nitrogen functional groups attached to an aromatic ring is 1. The van der Waals surface area contributed by atoms with E-state index in [0.717, 1.165) is 16.7 Å². The fourth-order valence-electron chi connectivity index (χ4n) is 3.43. The highest BCUT2D eigenvalue weighted by atomic mass is 16.2. The maximum absolute atomic E-state index is 12.7. The summed E-state index contributed by atoms with van der Waals surface area (Å²) in [7, 11) is 1.59. The summed E-state index contributed by atoms with van der Waals surface area (Å²) in [5, 5.41) is 11.3. The van der Waals surface area contributed by atoms with Crippen LogP contribution >= 0.6 is 0 Å². The minimum absolute atomic E-state index is 0.0696. The molecule has 1 heterocycles. The maximum Gasteiger partial charge on any atom is 0.235 e. The molecule has 26 heavy (non-hydrogen) atoms. The molecular weight excluding hydrogens is 324 g/mol. The van der Waals surface area contributed by atoms with Crippen LogP contribution in [0.25, 0.3) is 11.1 Å². The molecule has 0 spiro atoms. The SMILES string of the molecule is C#CC[C@H]1C(=O)N(C)C(=N)N[C@]1(C)c1cccc(-c2cccc(N)c2)c1. The third-order valence-corrected chi connectivity index (χ3v) is 5.04. The number of nitrogens with zero attached hydrogens (tertiary/aromatic N) is 1. The predicted molar refractivity (Wildman–Crippen MR) is 104 cm³/mol. The second kappa shape index (κ2) is 6.57. The molecule has 4 N–H and O–H groups in total. The van der Waals surface area contributed by atoms with Crippen LogP contribution in [0.2, 0.25) is 0 Å². The first-order chi connectivity index (χ1) is 12.4. The number of carbonyl (C=O) groups is 1. The van der Waals surface area contributed by atoms with E-state index in [9.17, 15) is 4.79 Å². The van der Waals surface area contributed by atoms with Gasteiger partial charge in [0.15, 0.2) is 5.96 Å². The number of nitrogens with two attached hydrogens (primary N) is 1. The Bertz CT molecular complexity index is 914. The van der Waals surface area contributed by atoms with Crippen LogP contribution in [0.1, 0.15) is 18.9 Å². The summed E-state index contributed by atoms with van der Waals surface area (Å²) in [5.41, 5.74) is 8.74. The van der Waals surface area contributed by atoms with Crippen molar-refractivity contribution < 1.29 is 4.79 Å². The van der Waals surface area contributed by atoms with Gasteiger partial charge in [-0.25, -0.2) is 0 Å². The number of terminal acetylenes is 1. The number of anilines is 1. The van der Waals surface area contributed by atoms with Crippen molar-refractivity contribution in [2.45, 2.75) is 18.9 Å². The first kappa shape index (κ1) is 17.6. The van der Waals surface area contributed by atoms with Gasteiger partial charge in [0, 0.05) is 19.2 Å². The van der Waals surface area contributed by atoms with Gasteiger partial charge in [-0.3, -0.25) is 15.1 Å². The average molecular weight is 346 g/mol. The van der Waals surface area contributed by atoms with Crippen molar-refractivity contribution >= 4 is 17.6 Å². The highest BCUT2D eigenvalue weighted by Crippen LogP contribution is 2.37. The lowest BCUT2D eigenvalue weighted by atomic mass is 9.75. The number of nitrogens with one attached hydrogen (secondary N) is 2. The molecule has 1 aliphatic rings. The van der Waals surface area contributed by atoms with Crippen molar-refractivity contribution in [3.63, 3.8) is 0 Å². The van der Waals surface area contributed by atoms with E-state index in [2.05, 4.69) is 11.2 Å². The van der Waals surface area contributed by atoms with Crippen LogP contribution in [0.5, 0.6) is 0 Å². The van der Waals surface area contributed by atoms with Crippen LogP contribution in [0.4, 0.5) is 5.69 Å². The molecule has 1 fully saturated rings. The summed E-state index contributed by atoms with van der Waals surface area (Å²) in [4.78, 5) is 14.1. The van der Waals surface area contributed by atoms with Gasteiger partial charge in [-0.15, -0.1) is 12.3 Å². The van der Waals surface area contributed by atoms with Gasteiger partial charge >= 0.3 is 0 Å². The quantitative estimate of drug-likeness (QED) is 0.590. The van der Waals surface area contributed by atoms with Gasteiger partial charge in [-0.2, -0.15) is 0 Å². The summed E-state index contributed by atoms with van der Waals surface area (Å²) in [6, 6.07) is 15.6. The molecule has 0 saturated carbocycles. The maximum atomic E-state index is 12.7. The number of rotatable bonds is 3. The van der Waals surface area contributed by atoms with E-state index in [-0.39, 0.29) is 11.9 Å². The largest absolute Gasteiger partial charge is 0.399 e. The van der Waals surface area contributed by atoms with Gasteiger partial charge in [0.2, 0.25) is 5.91 Å². The van der Waals surface area contributed by atoms with Crippen LogP contribution in [-0.2, 0) is 10.3 Å². The topological polar surface area (TPSA) is 82.2 Å². The Balaban J connectivity index is 2.08. The van der Waals surface area contributed by atoms with Crippen molar-refractivity contribution in [1.82, 2.24) is 10.2 Å². The van der Waals surface area contributed by atoms with Gasteiger partial charge in [0.05, 0.1) is 11.5 Å². The van der Waals surface area contributed by atoms with E-state index in [1.807, 2.05) is 55.5 Å².